The molecule has 2 aromatic carbocycles. The van der Waals surface area contributed by atoms with Crippen LogP contribution in [0.25, 0.3) is 5.57 Å². The highest BCUT2D eigenvalue weighted by molar-refractivity contribution is 6.42. The van der Waals surface area contributed by atoms with E-state index in [1.807, 2.05) is 29.2 Å². The van der Waals surface area contributed by atoms with Gasteiger partial charge in [-0.25, -0.2) is 4.79 Å². The molecule has 4 nitrogen and oxygen atoms in total. The highest BCUT2D eigenvalue weighted by atomic mass is 35.5. The van der Waals surface area contributed by atoms with Gasteiger partial charge in [-0.15, -0.1) is 0 Å². The van der Waals surface area contributed by atoms with Crippen LogP contribution in [-0.4, -0.2) is 30.6 Å². The van der Waals surface area contributed by atoms with Crippen molar-refractivity contribution >= 4 is 40.5 Å². The number of carbonyl (C=O) groups excluding carboxylic acids is 1. The van der Waals surface area contributed by atoms with Crippen molar-refractivity contribution in [1.29, 1.82) is 0 Å². The maximum Gasteiger partial charge on any atom is 0.322 e. The monoisotopic (exact) mass is 418 g/mol. The van der Waals surface area contributed by atoms with Crippen LogP contribution in [0.4, 0.5) is 10.5 Å². The summed E-state index contributed by atoms with van der Waals surface area (Å²) in [6, 6.07) is 12.9. The molecule has 0 saturated carbocycles. The minimum absolute atomic E-state index is 0.0315. The molecule has 0 spiro atoms. The van der Waals surface area contributed by atoms with Crippen LogP contribution in [0.3, 0.4) is 0 Å². The molecule has 1 unspecified atom stereocenters. The van der Waals surface area contributed by atoms with E-state index in [0.717, 1.165) is 23.3 Å². The number of urea groups is 1. The van der Waals surface area contributed by atoms with Crippen molar-refractivity contribution in [3.8, 4) is 5.75 Å². The molecule has 1 saturated heterocycles. The number of hydrogen-bond acceptors (Lipinski definition) is 2. The molecule has 1 heterocycles. The number of rotatable bonds is 4. The first-order valence-corrected chi connectivity index (χ1v) is 9.98. The Morgan fingerprint density at radius 3 is 2.71 bits per heavy atom. The van der Waals surface area contributed by atoms with Crippen LogP contribution in [0.5, 0.6) is 5.75 Å². The Hall–Kier alpha value is -2.17. The summed E-state index contributed by atoms with van der Waals surface area (Å²) < 4.78 is 5.31. The molecule has 0 aromatic heterocycles. The topological polar surface area (TPSA) is 41.6 Å². The molecular weight excluding hydrogens is 395 g/mol. The van der Waals surface area contributed by atoms with E-state index in [2.05, 4.69) is 25.2 Å². The SMILES string of the molecule is COc1cccc(/C(C)=C/[C@@H]2CC(C)CN2C(=O)Nc2ccc(Cl)c(Cl)c2)c1. The first-order chi connectivity index (χ1) is 13.4. The fraction of sp³-hybridized carbons (Fsp3) is 0.318. The van der Waals surface area contributed by atoms with E-state index in [4.69, 9.17) is 27.9 Å². The van der Waals surface area contributed by atoms with Crippen LogP contribution < -0.4 is 10.1 Å². The number of ether oxygens (including phenoxy) is 1. The highest BCUT2D eigenvalue weighted by Gasteiger charge is 2.32. The predicted molar refractivity (Wildman–Crippen MR) is 116 cm³/mol. The summed E-state index contributed by atoms with van der Waals surface area (Å²) >= 11 is 12.0. The Kier molecular flexibility index (Phi) is 6.53. The second-order valence-electron chi connectivity index (χ2n) is 7.20. The average molecular weight is 419 g/mol. The van der Waals surface area contributed by atoms with Crippen LogP contribution in [0, 0.1) is 5.92 Å². The van der Waals surface area contributed by atoms with E-state index in [0.29, 0.717) is 28.2 Å². The maximum absolute atomic E-state index is 12.9. The summed E-state index contributed by atoms with van der Waals surface area (Å²) in [6.45, 7) is 4.93. The minimum atomic E-state index is -0.137. The van der Waals surface area contributed by atoms with Crippen LogP contribution in [0.1, 0.15) is 25.8 Å². The van der Waals surface area contributed by atoms with Gasteiger partial charge in [-0.3, -0.25) is 0 Å². The predicted octanol–water partition coefficient (Wildman–Crippen LogP) is 6.35. The minimum Gasteiger partial charge on any atom is -0.497 e. The Morgan fingerprint density at radius 2 is 2.00 bits per heavy atom. The number of likely N-dealkylation sites (tertiary alicyclic amines) is 1. The average Bonchev–Trinajstić information content (AvgIpc) is 3.05. The molecule has 2 aromatic rings. The smallest absolute Gasteiger partial charge is 0.322 e. The van der Waals surface area contributed by atoms with Crippen molar-refractivity contribution in [3.05, 3.63) is 64.1 Å². The molecule has 0 radical (unpaired) electrons. The summed E-state index contributed by atoms with van der Waals surface area (Å²) in [4.78, 5) is 14.7. The quantitative estimate of drug-likeness (QED) is 0.628. The number of allylic oxidation sites excluding steroid dienone is 1. The fourth-order valence-corrected chi connectivity index (χ4v) is 3.80. The van der Waals surface area contributed by atoms with Crippen molar-refractivity contribution in [2.75, 3.05) is 19.0 Å². The van der Waals surface area contributed by atoms with E-state index in [1.54, 1.807) is 25.3 Å². The van der Waals surface area contributed by atoms with Crippen molar-refractivity contribution in [2.45, 2.75) is 26.3 Å². The second-order valence-corrected chi connectivity index (χ2v) is 8.02. The van der Waals surface area contributed by atoms with Crippen LogP contribution in [0.15, 0.2) is 48.5 Å². The molecule has 1 N–H and O–H groups in total. The fourth-order valence-electron chi connectivity index (χ4n) is 3.50. The molecule has 3 rings (SSSR count). The number of carbonyl (C=O) groups is 1. The summed E-state index contributed by atoms with van der Waals surface area (Å²) in [7, 11) is 1.66. The molecule has 6 heteroatoms. The van der Waals surface area contributed by atoms with Gasteiger partial charge in [0.2, 0.25) is 0 Å². The van der Waals surface area contributed by atoms with Gasteiger partial charge >= 0.3 is 6.03 Å². The molecule has 1 aliphatic heterocycles. The summed E-state index contributed by atoms with van der Waals surface area (Å²) in [6.07, 6.45) is 3.09. The van der Waals surface area contributed by atoms with Crippen molar-refractivity contribution < 1.29 is 9.53 Å². The zero-order valence-corrected chi connectivity index (χ0v) is 17.7. The molecule has 2 atom stereocenters. The molecule has 148 valence electrons. The Morgan fingerprint density at radius 1 is 1.21 bits per heavy atom. The maximum atomic E-state index is 12.9. The van der Waals surface area contributed by atoms with E-state index >= 15 is 0 Å². The first-order valence-electron chi connectivity index (χ1n) is 9.23. The molecule has 1 fully saturated rings. The molecular formula is C22H24Cl2N2O2. The van der Waals surface area contributed by atoms with E-state index in [9.17, 15) is 4.79 Å². The van der Waals surface area contributed by atoms with Crippen LogP contribution >= 0.6 is 23.2 Å². The van der Waals surface area contributed by atoms with E-state index in [1.165, 1.54) is 0 Å². The van der Waals surface area contributed by atoms with E-state index in [-0.39, 0.29) is 12.1 Å². The summed E-state index contributed by atoms with van der Waals surface area (Å²) in [5, 5.41) is 3.81. The number of anilines is 1. The first kappa shape index (κ1) is 20.6. The highest BCUT2D eigenvalue weighted by Crippen LogP contribution is 2.29. The van der Waals surface area contributed by atoms with Gasteiger partial charge in [0, 0.05) is 12.2 Å². The van der Waals surface area contributed by atoms with Crippen molar-refractivity contribution in [3.63, 3.8) is 0 Å². The largest absolute Gasteiger partial charge is 0.497 e. The molecule has 0 aliphatic carbocycles. The molecule has 0 bridgehead atoms. The normalized spacial score (nSPS) is 19.6. The van der Waals surface area contributed by atoms with Crippen molar-refractivity contribution in [1.82, 2.24) is 4.90 Å². The third-order valence-electron chi connectivity index (χ3n) is 4.95. The molecule has 2 amide bonds. The number of amides is 2. The van der Waals surface area contributed by atoms with Gasteiger partial charge in [0.15, 0.2) is 0 Å². The second kappa shape index (κ2) is 8.89. The van der Waals surface area contributed by atoms with Gasteiger partial charge in [0.1, 0.15) is 5.75 Å². The summed E-state index contributed by atoms with van der Waals surface area (Å²) in [5.41, 5.74) is 2.83. The number of halogens is 2. The lowest BCUT2D eigenvalue weighted by Crippen LogP contribution is -2.38. The number of methoxy groups -OCH3 is 1. The number of benzene rings is 2. The van der Waals surface area contributed by atoms with Gasteiger partial charge in [0.25, 0.3) is 0 Å². The third-order valence-corrected chi connectivity index (χ3v) is 5.69. The zero-order valence-electron chi connectivity index (χ0n) is 16.2. The summed E-state index contributed by atoms with van der Waals surface area (Å²) in [5.74, 6) is 1.25. The molecule has 1 aliphatic rings. The number of nitrogens with one attached hydrogen (secondary N) is 1. The van der Waals surface area contributed by atoms with Crippen molar-refractivity contribution in [2.24, 2.45) is 5.92 Å². The Balaban J connectivity index is 1.77. The lowest BCUT2D eigenvalue weighted by atomic mass is 10.0. The van der Waals surface area contributed by atoms with Gasteiger partial charge < -0.3 is 15.0 Å². The van der Waals surface area contributed by atoms with Gasteiger partial charge in [0.05, 0.1) is 23.2 Å². The Labute approximate surface area is 176 Å². The van der Waals surface area contributed by atoms with Gasteiger partial charge in [-0.1, -0.05) is 48.3 Å². The van der Waals surface area contributed by atoms with E-state index < -0.39 is 0 Å². The molecule has 28 heavy (non-hydrogen) atoms. The lowest BCUT2D eigenvalue weighted by molar-refractivity contribution is 0.213. The lowest BCUT2D eigenvalue weighted by Gasteiger charge is -2.23. The zero-order chi connectivity index (χ0) is 20.3. The number of hydrogen-bond donors (Lipinski definition) is 1. The standard InChI is InChI=1S/C22H24Cl2N2O2/c1-14-9-18(10-15(2)16-5-4-6-19(11-16)28-3)26(13-14)22(27)25-17-7-8-20(23)21(24)12-17/h4-8,10-12,14,18H,9,13H2,1-3H3,(H,25,27)/b15-10+/t14?,18-/m0/s1. The van der Waals surface area contributed by atoms with Crippen LogP contribution in [0.2, 0.25) is 10.0 Å². The third kappa shape index (κ3) is 4.81. The van der Waals surface area contributed by atoms with Gasteiger partial charge in [-0.05, 0) is 60.7 Å². The Bertz CT molecular complexity index is 898. The van der Waals surface area contributed by atoms with Crippen LogP contribution in [-0.2, 0) is 0 Å². The number of nitrogens with zero attached hydrogens (tertiary/aromatic N) is 1. The van der Waals surface area contributed by atoms with Gasteiger partial charge in [-0.2, -0.15) is 0 Å².